The number of fused-ring (bicyclic) bond motifs is 1. The highest BCUT2D eigenvalue weighted by Gasteiger charge is 2.30. The van der Waals surface area contributed by atoms with Gasteiger partial charge in [-0.3, -0.25) is 4.79 Å². The van der Waals surface area contributed by atoms with Crippen LogP contribution in [0.25, 0.3) is 0 Å². The van der Waals surface area contributed by atoms with Crippen molar-refractivity contribution in [2.45, 2.75) is 12.8 Å². The monoisotopic (exact) mass is 302 g/mol. The summed E-state index contributed by atoms with van der Waals surface area (Å²) in [7, 11) is 0. The molecule has 1 aromatic carbocycles. The van der Waals surface area contributed by atoms with Gasteiger partial charge in [-0.15, -0.1) is 0 Å². The summed E-state index contributed by atoms with van der Waals surface area (Å²) in [6.07, 6.45) is 4.32. The molecule has 1 N–H and O–H groups in total. The van der Waals surface area contributed by atoms with Gasteiger partial charge in [-0.05, 0) is 25.0 Å². The molecule has 22 heavy (non-hydrogen) atoms. The topological polar surface area (TPSA) is 87.7 Å². The van der Waals surface area contributed by atoms with E-state index in [0.717, 1.165) is 0 Å². The lowest BCUT2D eigenvalue weighted by molar-refractivity contribution is -0.313. The van der Waals surface area contributed by atoms with Crippen LogP contribution in [0.4, 0.5) is 5.69 Å². The number of rotatable bonds is 3. The van der Waals surface area contributed by atoms with Crippen molar-refractivity contribution in [1.82, 2.24) is 0 Å². The lowest BCUT2D eigenvalue weighted by Crippen LogP contribution is -2.41. The first-order valence-electron chi connectivity index (χ1n) is 7.21. The number of carbonyl (C=O) groups is 2. The number of carboxylic acid groups (broad SMARTS) is 1. The van der Waals surface area contributed by atoms with Crippen molar-refractivity contribution in [3.63, 3.8) is 0 Å². The number of hydrogen-bond acceptors (Lipinski definition) is 5. The Balaban J connectivity index is 1.73. The second-order valence-corrected chi connectivity index (χ2v) is 5.32. The average molecular weight is 302 g/mol. The fourth-order valence-corrected chi connectivity index (χ4v) is 2.72. The van der Waals surface area contributed by atoms with Gasteiger partial charge in [0.25, 0.3) is 0 Å². The summed E-state index contributed by atoms with van der Waals surface area (Å²) in [5.41, 5.74) is 0.556. The molecule has 0 bridgehead atoms. The zero-order valence-electron chi connectivity index (χ0n) is 11.9. The maximum absolute atomic E-state index is 12.3. The Morgan fingerprint density at radius 1 is 1.05 bits per heavy atom. The van der Waals surface area contributed by atoms with Crippen molar-refractivity contribution in [3.05, 3.63) is 30.4 Å². The highest BCUT2D eigenvalue weighted by atomic mass is 16.6. The largest absolute Gasteiger partial charge is 0.550 e. The lowest BCUT2D eigenvalue weighted by Gasteiger charge is -2.28. The molecule has 0 saturated heterocycles. The van der Waals surface area contributed by atoms with Crippen LogP contribution in [0.1, 0.15) is 12.8 Å². The molecule has 0 saturated carbocycles. The van der Waals surface area contributed by atoms with Gasteiger partial charge < -0.3 is 24.7 Å². The summed E-state index contributed by atoms with van der Waals surface area (Å²) in [5.74, 6) is -1.71. The Kier molecular flexibility index (Phi) is 4.00. The van der Waals surface area contributed by atoms with E-state index in [4.69, 9.17) is 9.47 Å². The molecule has 1 aromatic rings. The summed E-state index contributed by atoms with van der Waals surface area (Å²) in [6, 6.07) is 5.11. The SMILES string of the molecule is O=C([O-])[C@@H]1CC=CC[C@H]1C(=O)Nc1ccc2c(c1)OCCO2. The number of anilines is 1. The van der Waals surface area contributed by atoms with Crippen molar-refractivity contribution in [2.24, 2.45) is 11.8 Å². The number of carboxylic acids is 1. The molecule has 1 heterocycles. The van der Waals surface area contributed by atoms with Gasteiger partial charge >= 0.3 is 0 Å². The van der Waals surface area contributed by atoms with E-state index in [2.05, 4.69) is 5.32 Å². The Labute approximate surface area is 127 Å². The lowest BCUT2D eigenvalue weighted by atomic mass is 9.82. The first kappa shape index (κ1) is 14.4. The smallest absolute Gasteiger partial charge is 0.228 e. The molecule has 0 radical (unpaired) electrons. The molecule has 3 rings (SSSR count). The van der Waals surface area contributed by atoms with Gasteiger partial charge in [-0.25, -0.2) is 0 Å². The van der Waals surface area contributed by atoms with Crippen LogP contribution in [0.5, 0.6) is 11.5 Å². The summed E-state index contributed by atoms with van der Waals surface area (Å²) in [6.45, 7) is 0.963. The van der Waals surface area contributed by atoms with Crippen LogP contribution in [0.2, 0.25) is 0 Å². The Bertz CT molecular complexity index is 625. The third kappa shape index (κ3) is 2.90. The Morgan fingerprint density at radius 2 is 1.73 bits per heavy atom. The van der Waals surface area contributed by atoms with E-state index < -0.39 is 17.8 Å². The third-order valence-electron chi connectivity index (χ3n) is 3.88. The molecule has 1 aliphatic heterocycles. The number of amides is 1. The van der Waals surface area contributed by atoms with E-state index in [0.29, 0.717) is 43.2 Å². The number of ether oxygens (including phenoxy) is 2. The first-order valence-corrected chi connectivity index (χ1v) is 7.21. The molecular weight excluding hydrogens is 286 g/mol. The van der Waals surface area contributed by atoms with Crippen LogP contribution in [-0.2, 0) is 9.59 Å². The molecule has 0 unspecified atom stereocenters. The minimum atomic E-state index is -1.19. The second kappa shape index (κ2) is 6.09. The van der Waals surface area contributed by atoms with E-state index >= 15 is 0 Å². The number of benzene rings is 1. The highest BCUT2D eigenvalue weighted by molar-refractivity contribution is 5.95. The molecule has 1 amide bonds. The zero-order valence-corrected chi connectivity index (χ0v) is 11.9. The van der Waals surface area contributed by atoms with Gasteiger partial charge in [0.1, 0.15) is 13.2 Å². The van der Waals surface area contributed by atoms with Crippen molar-refractivity contribution in [3.8, 4) is 11.5 Å². The number of aliphatic carboxylic acids is 1. The highest BCUT2D eigenvalue weighted by Crippen LogP contribution is 2.33. The van der Waals surface area contributed by atoms with E-state index in [1.165, 1.54) is 0 Å². The first-order chi connectivity index (χ1) is 10.6. The van der Waals surface area contributed by atoms with Crippen molar-refractivity contribution in [2.75, 3.05) is 18.5 Å². The van der Waals surface area contributed by atoms with E-state index in [9.17, 15) is 14.7 Å². The molecule has 2 aliphatic rings. The second-order valence-electron chi connectivity index (χ2n) is 5.32. The van der Waals surface area contributed by atoms with Gasteiger partial charge in [-0.2, -0.15) is 0 Å². The third-order valence-corrected chi connectivity index (χ3v) is 3.88. The number of carbonyl (C=O) groups excluding carboxylic acids is 2. The quantitative estimate of drug-likeness (QED) is 0.832. The minimum absolute atomic E-state index is 0.321. The molecule has 0 fully saturated rings. The summed E-state index contributed by atoms with van der Waals surface area (Å²) < 4.78 is 10.9. The van der Waals surface area contributed by atoms with Gasteiger partial charge in [-0.1, -0.05) is 12.2 Å². The van der Waals surface area contributed by atoms with Crippen LogP contribution in [0.15, 0.2) is 30.4 Å². The van der Waals surface area contributed by atoms with Crippen LogP contribution in [0, 0.1) is 11.8 Å². The fraction of sp³-hybridized carbons (Fsp3) is 0.375. The van der Waals surface area contributed by atoms with Crippen LogP contribution >= 0.6 is 0 Å². The van der Waals surface area contributed by atoms with Crippen LogP contribution in [0.3, 0.4) is 0 Å². The fourth-order valence-electron chi connectivity index (χ4n) is 2.72. The van der Waals surface area contributed by atoms with E-state index in [1.54, 1.807) is 24.3 Å². The molecule has 6 nitrogen and oxygen atoms in total. The van der Waals surface area contributed by atoms with Crippen molar-refractivity contribution in [1.29, 1.82) is 0 Å². The van der Waals surface area contributed by atoms with E-state index in [1.807, 2.05) is 6.08 Å². The summed E-state index contributed by atoms with van der Waals surface area (Å²) in [4.78, 5) is 23.5. The zero-order chi connectivity index (χ0) is 15.5. The predicted molar refractivity (Wildman–Crippen MR) is 76.4 cm³/mol. The van der Waals surface area contributed by atoms with Crippen molar-refractivity contribution >= 4 is 17.6 Å². The summed E-state index contributed by atoms with van der Waals surface area (Å²) in [5, 5.41) is 13.9. The van der Waals surface area contributed by atoms with Crippen LogP contribution < -0.4 is 19.9 Å². The normalized spacial score (nSPS) is 22.9. The predicted octanol–water partition coefficient (Wildman–Crippen LogP) is 0.729. The minimum Gasteiger partial charge on any atom is -0.550 e. The van der Waals surface area contributed by atoms with Crippen LogP contribution in [-0.4, -0.2) is 25.1 Å². The van der Waals surface area contributed by atoms with E-state index in [-0.39, 0.29) is 5.91 Å². The van der Waals surface area contributed by atoms with Gasteiger partial charge in [0.15, 0.2) is 11.5 Å². The standard InChI is InChI=1S/C16H17NO5/c18-15(11-3-1-2-4-12(11)16(19)20)17-10-5-6-13-14(9-10)22-8-7-21-13/h1-2,5-6,9,11-12H,3-4,7-8H2,(H,17,18)(H,19,20)/p-1/t11-,12-/m1/s1. The Morgan fingerprint density at radius 3 is 2.45 bits per heavy atom. The molecule has 0 aromatic heterocycles. The Hall–Kier alpha value is -2.50. The molecule has 2 atom stereocenters. The maximum Gasteiger partial charge on any atom is 0.228 e. The average Bonchev–Trinajstić information content (AvgIpc) is 2.54. The van der Waals surface area contributed by atoms with Gasteiger partial charge in [0.05, 0.1) is 5.92 Å². The summed E-state index contributed by atoms with van der Waals surface area (Å²) >= 11 is 0. The molecule has 116 valence electrons. The number of hydrogen-bond donors (Lipinski definition) is 1. The molecular formula is C16H16NO5-. The number of nitrogens with one attached hydrogen (secondary N) is 1. The van der Waals surface area contributed by atoms with Crippen molar-refractivity contribution < 1.29 is 24.2 Å². The molecule has 6 heteroatoms. The molecule has 1 aliphatic carbocycles. The van der Waals surface area contributed by atoms with Gasteiger partial charge in [0.2, 0.25) is 5.91 Å². The number of allylic oxidation sites excluding steroid dienone is 2. The molecule has 0 spiro atoms. The maximum atomic E-state index is 12.3. The van der Waals surface area contributed by atoms with Gasteiger partial charge in [0, 0.05) is 23.6 Å².